The summed E-state index contributed by atoms with van der Waals surface area (Å²) in [6, 6.07) is 6.05. The number of pyridine rings is 1. The van der Waals surface area contributed by atoms with Crippen molar-refractivity contribution in [3.8, 4) is 11.5 Å². The number of hydrogen-bond donors (Lipinski definition) is 0. The molecular weight excluding hydrogens is 441 g/mol. The number of carbonyl (C=O) groups is 3. The van der Waals surface area contributed by atoms with E-state index in [2.05, 4.69) is 4.98 Å². The van der Waals surface area contributed by atoms with Crippen LogP contribution in [0.25, 0.3) is 0 Å². The molecule has 2 aromatic rings. The second-order valence-corrected chi connectivity index (χ2v) is 8.73. The molecule has 34 heavy (non-hydrogen) atoms. The number of ether oxygens (including phenoxy) is 3. The van der Waals surface area contributed by atoms with Crippen LogP contribution in [0.4, 0.5) is 4.39 Å². The maximum absolute atomic E-state index is 13.6. The van der Waals surface area contributed by atoms with Crippen LogP contribution in [0.1, 0.15) is 68.6 Å². The molecule has 0 N–H and O–H groups in total. The van der Waals surface area contributed by atoms with Crippen molar-refractivity contribution in [1.82, 2.24) is 4.98 Å². The third kappa shape index (κ3) is 6.62. The van der Waals surface area contributed by atoms with E-state index in [1.165, 1.54) is 38.4 Å². The average molecular weight is 474 g/mol. The summed E-state index contributed by atoms with van der Waals surface area (Å²) in [6.07, 6.45) is 0.672. The van der Waals surface area contributed by atoms with Gasteiger partial charge in [-0.2, -0.15) is 0 Å². The number of ketones is 1. The maximum atomic E-state index is 13.6. The van der Waals surface area contributed by atoms with Gasteiger partial charge >= 0.3 is 11.9 Å². The molecule has 8 heteroatoms. The normalized spacial score (nSPS) is 13.7. The number of benzene rings is 1. The van der Waals surface area contributed by atoms with E-state index >= 15 is 0 Å². The van der Waals surface area contributed by atoms with Gasteiger partial charge in [-0.15, -0.1) is 0 Å². The van der Waals surface area contributed by atoms with Gasteiger partial charge in [-0.1, -0.05) is 26.8 Å². The predicted octanol–water partition coefficient (Wildman–Crippen LogP) is 5.04. The van der Waals surface area contributed by atoms with Crippen molar-refractivity contribution in [3.05, 3.63) is 53.1 Å². The number of aryl methyl sites for hydroxylation is 1. The van der Waals surface area contributed by atoms with E-state index in [1.807, 2.05) is 20.8 Å². The Balaban J connectivity index is 2.16. The minimum atomic E-state index is -0.768. The molecule has 1 aromatic heterocycles. The molecule has 3 atom stereocenters. The fourth-order valence-electron chi connectivity index (χ4n) is 4.03. The topological polar surface area (TPSA) is 91.8 Å². The lowest BCUT2D eigenvalue weighted by atomic mass is 9.82. The smallest absolute Gasteiger partial charge is 0.309 e. The Morgan fingerprint density at radius 2 is 1.76 bits per heavy atom. The number of methoxy groups -OCH3 is 1. The van der Waals surface area contributed by atoms with Gasteiger partial charge in [-0.25, -0.2) is 9.37 Å². The van der Waals surface area contributed by atoms with Crippen molar-refractivity contribution >= 4 is 17.7 Å². The number of Topliss-reactive ketones (excluding diaryl/α,β-unsaturated/α-hetero) is 1. The van der Waals surface area contributed by atoms with Crippen LogP contribution in [0.3, 0.4) is 0 Å². The van der Waals surface area contributed by atoms with Crippen molar-refractivity contribution in [3.63, 3.8) is 0 Å². The van der Waals surface area contributed by atoms with E-state index in [-0.39, 0.29) is 41.3 Å². The molecule has 2 rings (SSSR count). The molecule has 0 aliphatic heterocycles. The van der Waals surface area contributed by atoms with E-state index in [0.717, 1.165) is 11.1 Å². The summed E-state index contributed by atoms with van der Waals surface area (Å²) < 4.78 is 29.6. The van der Waals surface area contributed by atoms with Gasteiger partial charge < -0.3 is 14.2 Å². The van der Waals surface area contributed by atoms with Gasteiger partial charge in [0.25, 0.3) is 0 Å². The van der Waals surface area contributed by atoms with Gasteiger partial charge in [0.1, 0.15) is 11.9 Å². The van der Waals surface area contributed by atoms with E-state index < -0.39 is 29.7 Å². The number of halogens is 1. The van der Waals surface area contributed by atoms with Crippen LogP contribution in [-0.2, 0) is 14.3 Å². The summed E-state index contributed by atoms with van der Waals surface area (Å²) in [5, 5.41) is 0. The van der Waals surface area contributed by atoms with Gasteiger partial charge in [0, 0.05) is 31.5 Å². The third-order valence-corrected chi connectivity index (χ3v) is 5.61. The number of aromatic nitrogens is 1. The van der Waals surface area contributed by atoms with Gasteiger partial charge in [0.15, 0.2) is 17.2 Å². The first-order valence-electron chi connectivity index (χ1n) is 11.2. The molecule has 1 aromatic carbocycles. The largest absolute Gasteiger partial charge is 0.493 e. The van der Waals surface area contributed by atoms with Crippen LogP contribution in [0.2, 0.25) is 0 Å². The van der Waals surface area contributed by atoms with Gasteiger partial charge in [-0.05, 0) is 43.0 Å². The molecular formula is C26H32FNO6. The van der Waals surface area contributed by atoms with Crippen LogP contribution in [0, 0.1) is 24.6 Å². The number of hydrogen-bond acceptors (Lipinski definition) is 7. The van der Waals surface area contributed by atoms with Crippen LogP contribution < -0.4 is 9.47 Å². The van der Waals surface area contributed by atoms with Crippen molar-refractivity contribution < 1.29 is 33.0 Å². The Hall–Kier alpha value is -3.29. The van der Waals surface area contributed by atoms with E-state index in [9.17, 15) is 18.8 Å². The molecule has 1 heterocycles. The molecule has 0 bridgehead atoms. The summed E-state index contributed by atoms with van der Waals surface area (Å²) in [5.74, 6) is -2.66. The second kappa shape index (κ2) is 11.7. The minimum Gasteiger partial charge on any atom is -0.493 e. The Labute approximate surface area is 199 Å². The monoisotopic (exact) mass is 473 g/mol. The highest BCUT2D eigenvalue weighted by Crippen LogP contribution is 2.34. The van der Waals surface area contributed by atoms with Crippen LogP contribution in [0.15, 0.2) is 30.5 Å². The lowest BCUT2D eigenvalue weighted by Crippen LogP contribution is -2.30. The molecule has 0 aliphatic carbocycles. The van der Waals surface area contributed by atoms with Gasteiger partial charge in [0.2, 0.25) is 5.75 Å². The predicted molar refractivity (Wildman–Crippen MR) is 124 cm³/mol. The van der Waals surface area contributed by atoms with Crippen molar-refractivity contribution in [2.24, 2.45) is 11.8 Å². The van der Waals surface area contributed by atoms with E-state index in [1.54, 1.807) is 19.9 Å². The summed E-state index contributed by atoms with van der Waals surface area (Å²) in [4.78, 5) is 41.2. The zero-order valence-electron chi connectivity index (χ0n) is 20.7. The molecule has 0 aliphatic rings. The molecule has 0 radical (unpaired) electrons. The Bertz CT molecular complexity index is 1050. The zero-order chi connectivity index (χ0) is 25.6. The maximum Gasteiger partial charge on any atom is 0.309 e. The molecule has 0 unspecified atom stereocenters. The zero-order valence-corrected chi connectivity index (χ0v) is 20.7. The third-order valence-electron chi connectivity index (χ3n) is 5.61. The van der Waals surface area contributed by atoms with Gasteiger partial charge in [0.05, 0.1) is 13.0 Å². The first-order chi connectivity index (χ1) is 16.0. The fourth-order valence-corrected chi connectivity index (χ4v) is 4.03. The Morgan fingerprint density at radius 3 is 2.32 bits per heavy atom. The highest BCUT2D eigenvalue weighted by Gasteiger charge is 2.30. The van der Waals surface area contributed by atoms with Crippen LogP contribution >= 0.6 is 0 Å². The SMILES string of the molecule is COc1ccnc(C(=O)C[C@@H](C)C(=O)O[C@@H](C)[C@@H](c2ccc(F)cc2C)C(C)C)c1OC(C)=O. The summed E-state index contributed by atoms with van der Waals surface area (Å²) >= 11 is 0. The highest BCUT2D eigenvalue weighted by atomic mass is 19.1. The lowest BCUT2D eigenvalue weighted by molar-refractivity contribution is -0.154. The quantitative estimate of drug-likeness (QED) is 0.352. The summed E-state index contributed by atoms with van der Waals surface area (Å²) in [6.45, 7) is 10.4. The Morgan fingerprint density at radius 1 is 1.09 bits per heavy atom. The number of nitrogens with zero attached hydrogens (tertiary/aromatic N) is 1. The van der Waals surface area contributed by atoms with E-state index in [4.69, 9.17) is 14.2 Å². The van der Waals surface area contributed by atoms with Crippen molar-refractivity contribution in [1.29, 1.82) is 0 Å². The molecule has 184 valence electrons. The number of rotatable bonds is 10. The first kappa shape index (κ1) is 27.0. The van der Waals surface area contributed by atoms with Crippen LogP contribution in [0.5, 0.6) is 11.5 Å². The minimum absolute atomic E-state index is 0.0805. The molecule has 7 nitrogen and oxygen atoms in total. The highest BCUT2D eigenvalue weighted by molar-refractivity contribution is 5.99. The van der Waals surface area contributed by atoms with Crippen LogP contribution in [-0.4, -0.2) is 35.9 Å². The van der Waals surface area contributed by atoms with E-state index in [0.29, 0.717) is 0 Å². The Kier molecular flexibility index (Phi) is 9.29. The second-order valence-electron chi connectivity index (χ2n) is 8.73. The van der Waals surface area contributed by atoms with Crippen molar-refractivity contribution in [2.75, 3.05) is 7.11 Å². The summed E-state index contributed by atoms with van der Waals surface area (Å²) in [7, 11) is 1.38. The molecule has 0 amide bonds. The van der Waals surface area contributed by atoms with Crippen molar-refractivity contribution in [2.45, 2.75) is 60.0 Å². The van der Waals surface area contributed by atoms with Gasteiger partial charge in [-0.3, -0.25) is 14.4 Å². The molecule has 0 saturated carbocycles. The number of carbonyl (C=O) groups excluding carboxylic acids is 3. The average Bonchev–Trinajstić information content (AvgIpc) is 2.74. The standard InChI is InChI=1S/C26H32FNO6/c1-14(2)23(20-9-8-19(27)12-15(20)3)17(5)33-26(31)16(4)13-21(30)24-25(34-18(6)29)22(32-7)10-11-28-24/h8-12,14,16-17,23H,13H2,1-7H3/t16-,17+,23+/m1/s1. The lowest BCUT2D eigenvalue weighted by Gasteiger charge is -2.30. The summed E-state index contributed by atoms with van der Waals surface area (Å²) in [5.41, 5.74) is 1.60. The molecule has 0 saturated heterocycles. The molecule has 0 fully saturated rings. The molecule has 0 spiro atoms. The first-order valence-corrected chi connectivity index (χ1v) is 11.2. The fraction of sp³-hybridized carbons (Fsp3) is 0.462. The number of esters is 2.